The smallest absolute Gasteiger partial charge is 0.267 e. The number of hydrogen-bond acceptors (Lipinski definition) is 2. The molecule has 0 fully saturated rings. The molecule has 0 aliphatic heterocycles. The van der Waals surface area contributed by atoms with E-state index in [1.165, 1.54) is 0 Å². The maximum absolute atomic E-state index is 12.0. The highest BCUT2D eigenvalue weighted by Crippen LogP contribution is 2.10. The Balaban J connectivity index is 2.13. The first-order valence-corrected chi connectivity index (χ1v) is 6.76. The quantitative estimate of drug-likeness (QED) is 0.672. The highest BCUT2D eigenvalue weighted by atomic mass is 35.5. The highest BCUT2D eigenvalue weighted by Gasteiger charge is 2.06. The molecule has 2 aromatic carbocycles. The van der Waals surface area contributed by atoms with Crippen molar-refractivity contribution in [3.8, 4) is 0 Å². The van der Waals surface area contributed by atoms with Crippen LogP contribution in [0.3, 0.4) is 0 Å². The van der Waals surface area contributed by atoms with Gasteiger partial charge in [0, 0.05) is 10.6 Å². The molecule has 4 heteroatoms. The van der Waals surface area contributed by atoms with E-state index in [0.29, 0.717) is 10.6 Å². The molecular weight excluding hydrogens is 272 g/mol. The van der Waals surface area contributed by atoms with Crippen molar-refractivity contribution in [2.45, 2.75) is 13.3 Å². The van der Waals surface area contributed by atoms with Crippen molar-refractivity contribution in [2.24, 2.45) is 5.10 Å². The minimum atomic E-state index is -0.269. The summed E-state index contributed by atoms with van der Waals surface area (Å²) in [5.41, 5.74) is 4.89. The summed E-state index contributed by atoms with van der Waals surface area (Å²) < 4.78 is 0. The van der Waals surface area contributed by atoms with Crippen LogP contribution in [-0.4, -0.2) is 11.6 Å². The number of halogens is 1. The molecule has 2 rings (SSSR count). The molecule has 0 aromatic heterocycles. The Kier molecular flexibility index (Phi) is 4.91. The molecule has 102 valence electrons. The Bertz CT molecular complexity index is 623. The number of hydrogen-bond donors (Lipinski definition) is 1. The van der Waals surface area contributed by atoms with Gasteiger partial charge in [-0.2, -0.15) is 5.10 Å². The summed E-state index contributed by atoms with van der Waals surface area (Å²) >= 11 is 5.86. The lowest BCUT2D eigenvalue weighted by Crippen LogP contribution is -2.19. The van der Waals surface area contributed by atoms with Crippen molar-refractivity contribution < 1.29 is 4.79 Å². The summed E-state index contributed by atoms with van der Waals surface area (Å²) in [4.78, 5) is 12.0. The van der Waals surface area contributed by atoms with Gasteiger partial charge in [0.05, 0.1) is 5.71 Å². The van der Waals surface area contributed by atoms with Crippen LogP contribution < -0.4 is 5.43 Å². The Morgan fingerprint density at radius 1 is 1.10 bits per heavy atom. The second-order valence-electron chi connectivity index (χ2n) is 4.23. The van der Waals surface area contributed by atoms with Gasteiger partial charge in [-0.25, -0.2) is 5.43 Å². The summed E-state index contributed by atoms with van der Waals surface area (Å²) in [6, 6.07) is 16.5. The average molecular weight is 287 g/mol. The zero-order valence-electron chi connectivity index (χ0n) is 11.1. The van der Waals surface area contributed by atoms with E-state index in [-0.39, 0.29) is 5.91 Å². The third-order valence-electron chi connectivity index (χ3n) is 2.82. The summed E-state index contributed by atoms with van der Waals surface area (Å²) in [7, 11) is 0. The average Bonchev–Trinajstić information content (AvgIpc) is 2.49. The molecule has 0 saturated carbocycles. The van der Waals surface area contributed by atoms with Crippen LogP contribution in [0.2, 0.25) is 5.02 Å². The van der Waals surface area contributed by atoms with Gasteiger partial charge in [-0.1, -0.05) is 54.9 Å². The molecule has 0 atom stereocenters. The van der Waals surface area contributed by atoms with Crippen LogP contribution in [0.4, 0.5) is 0 Å². The van der Waals surface area contributed by atoms with E-state index in [2.05, 4.69) is 10.5 Å². The maximum atomic E-state index is 12.0. The number of hydrazone groups is 1. The Morgan fingerprint density at radius 3 is 2.45 bits per heavy atom. The molecular formula is C16H15ClN2O. The van der Waals surface area contributed by atoms with Gasteiger partial charge in [-0.15, -0.1) is 0 Å². The van der Waals surface area contributed by atoms with Crippen LogP contribution in [0, 0.1) is 0 Å². The van der Waals surface area contributed by atoms with Crippen molar-refractivity contribution in [3.05, 3.63) is 70.7 Å². The van der Waals surface area contributed by atoms with Gasteiger partial charge in [0.1, 0.15) is 0 Å². The minimum absolute atomic E-state index is 0.269. The largest absolute Gasteiger partial charge is 0.271 e. The Morgan fingerprint density at radius 2 is 1.80 bits per heavy atom. The summed E-state index contributed by atoms with van der Waals surface area (Å²) in [6.07, 6.45) is 0.736. The monoisotopic (exact) mass is 286 g/mol. The van der Waals surface area contributed by atoms with E-state index >= 15 is 0 Å². The molecule has 20 heavy (non-hydrogen) atoms. The predicted molar refractivity (Wildman–Crippen MR) is 82.2 cm³/mol. The standard InChI is InChI=1S/C16H15ClN2O/c1-2-15(12-7-4-3-5-8-12)18-19-16(20)13-9-6-10-14(17)11-13/h3-11H,2H2,1H3,(H,19,20)/b18-15-. The van der Waals surface area contributed by atoms with Gasteiger partial charge in [0.2, 0.25) is 0 Å². The van der Waals surface area contributed by atoms with Gasteiger partial charge >= 0.3 is 0 Å². The summed E-state index contributed by atoms with van der Waals surface area (Å²) in [5, 5.41) is 4.72. The number of benzene rings is 2. The molecule has 0 radical (unpaired) electrons. The second-order valence-corrected chi connectivity index (χ2v) is 4.67. The number of nitrogens with zero attached hydrogens (tertiary/aromatic N) is 1. The van der Waals surface area contributed by atoms with E-state index in [9.17, 15) is 4.79 Å². The van der Waals surface area contributed by atoms with Crippen LogP contribution in [-0.2, 0) is 0 Å². The van der Waals surface area contributed by atoms with E-state index in [1.807, 2.05) is 37.3 Å². The van der Waals surface area contributed by atoms with Crippen LogP contribution in [0.1, 0.15) is 29.3 Å². The number of amides is 1. The second kappa shape index (κ2) is 6.87. The Hall–Kier alpha value is -2.13. The number of rotatable bonds is 4. The first kappa shape index (κ1) is 14.3. The SMILES string of the molecule is CC/C(=N/NC(=O)c1cccc(Cl)c1)c1ccccc1. The van der Waals surface area contributed by atoms with Crippen LogP contribution in [0.15, 0.2) is 59.7 Å². The third kappa shape index (κ3) is 3.68. The molecule has 0 heterocycles. The number of carbonyl (C=O) groups is 1. The zero-order valence-corrected chi connectivity index (χ0v) is 11.9. The van der Waals surface area contributed by atoms with E-state index in [4.69, 9.17) is 11.6 Å². The first-order chi connectivity index (χ1) is 9.70. The predicted octanol–water partition coefficient (Wildman–Crippen LogP) is 3.88. The van der Waals surface area contributed by atoms with Crippen LogP contribution in [0.25, 0.3) is 0 Å². The molecule has 1 N–H and O–H groups in total. The van der Waals surface area contributed by atoms with Crippen molar-refractivity contribution in [2.75, 3.05) is 0 Å². The molecule has 0 aliphatic carbocycles. The fourth-order valence-electron chi connectivity index (χ4n) is 1.79. The van der Waals surface area contributed by atoms with E-state index in [1.54, 1.807) is 24.3 Å². The number of carbonyl (C=O) groups excluding carboxylic acids is 1. The van der Waals surface area contributed by atoms with Gasteiger partial charge in [-0.05, 0) is 30.2 Å². The van der Waals surface area contributed by atoms with Crippen molar-refractivity contribution in [1.82, 2.24) is 5.43 Å². The highest BCUT2D eigenvalue weighted by molar-refractivity contribution is 6.30. The topological polar surface area (TPSA) is 41.5 Å². The molecule has 0 bridgehead atoms. The Labute approximate surface area is 123 Å². The molecule has 0 aliphatic rings. The minimum Gasteiger partial charge on any atom is -0.267 e. The van der Waals surface area contributed by atoms with Crippen LogP contribution >= 0.6 is 11.6 Å². The third-order valence-corrected chi connectivity index (χ3v) is 3.06. The van der Waals surface area contributed by atoms with Crippen molar-refractivity contribution >= 4 is 23.2 Å². The van der Waals surface area contributed by atoms with Gasteiger partial charge < -0.3 is 0 Å². The summed E-state index contributed by atoms with van der Waals surface area (Å²) in [6.45, 7) is 2.00. The van der Waals surface area contributed by atoms with E-state index < -0.39 is 0 Å². The lowest BCUT2D eigenvalue weighted by molar-refractivity contribution is 0.0955. The maximum Gasteiger partial charge on any atom is 0.271 e. The molecule has 1 amide bonds. The molecule has 0 unspecified atom stereocenters. The van der Waals surface area contributed by atoms with Crippen molar-refractivity contribution in [1.29, 1.82) is 0 Å². The van der Waals surface area contributed by atoms with Crippen molar-refractivity contribution in [3.63, 3.8) is 0 Å². The molecule has 2 aromatic rings. The van der Waals surface area contributed by atoms with Gasteiger partial charge in [-0.3, -0.25) is 4.79 Å². The van der Waals surface area contributed by atoms with Gasteiger partial charge in [0.25, 0.3) is 5.91 Å². The molecule has 3 nitrogen and oxygen atoms in total. The van der Waals surface area contributed by atoms with Gasteiger partial charge in [0.15, 0.2) is 0 Å². The number of nitrogens with one attached hydrogen (secondary N) is 1. The molecule has 0 spiro atoms. The van der Waals surface area contributed by atoms with Crippen LogP contribution in [0.5, 0.6) is 0 Å². The fourth-order valence-corrected chi connectivity index (χ4v) is 1.98. The zero-order chi connectivity index (χ0) is 14.4. The summed E-state index contributed by atoms with van der Waals surface area (Å²) in [5.74, 6) is -0.269. The lowest BCUT2D eigenvalue weighted by atomic mass is 10.1. The fraction of sp³-hybridized carbons (Fsp3) is 0.125. The normalized spacial score (nSPS) is 11.2. The molecule has 0 saturated heterocycles. The first-order valence-electron chi connectivity index (χ1n) is 6.38. The van der Waals surface area contributed by atoms with E-state index in [0.717, 1.165) is 17.7 Å². The lowest BCUT2D eigenvalue weighted by Gasteiger charge is -2.05.